The summed E-state index contributed by atoms with van der Waals surface area (Å²) < 4.78 is 11.9. The van der Waals surface area contributed by atoms with Crippen molar-refractivity contribution in [3.63, 3.8) is 0 Å². The van der Waals surface area contributed by atoms with Crippen molar-refractivity contribution in [2.24, 2.45) is 0 Å². The fourth-order valence-electron chi connectivity index (χ4n) is 1.33. The van der Waals surface area contributed by atoms with Crippen molar-refractivity contribution in [2.45, 2.75) is 50.2 Å². The summed E-state index contributed by atoms with van der Waals surface area (Å²) in [5, 5.41) is 0. The van der Waals surface area contributed by atoms with E-state index in [1.807, 2.05) is 32.9 Å². The van der Waals surface area contributed by atoms with Gasteiger partial charge >= 0.3 is 0 Å². The molecular formula is C13H20OS. The molecule has 1 atom stereocenters. The number of rotatable bonds is 2. The Morgan fingerprint density at radius 1 is 1.07 bits per heavy atom. The molecule has 1 unspecified atom stereocenters. The minimum atomic E-state index is -0.922. The maximum absolute atomic E-state index is 12.1. The van der Waals surface area contributed by atoms with Crippen molar-refractivity contribution >= 4 is 11.2 Å². The largest absolute Gasteiger partial charge is 0.611 e. The Morgan fingerprint density at radius 3 is 1.87 bits per heavy atom. The van der Waals surface area contributed by atoms with E-state index in [0.717, 1.165) is 4.90 Å². The van der Waals surface area contributed by atoms with Gasteiger partial charge in [0.05, 0.1) is 0 Å². The molecule has 0 aliphatic carbocycles. The summed E-state index contributed by atoms with van der Waals surface area (Å²) in [5.41, 5.74) is 1.30. The third-order valence-corrected chi connectivity index (χ3v) is 4.13. The smallest absolute Gasteiger partial charge is 0.153 e. The number of hydrogen-bond donors (Lipinski definition) is 0. The van der Waals surface area contributed by atoms with E-state index in [-0.39, 0.29) is 4.75 Å². The lowest BCUT2D eigenvalue weighted by Gasteiger charge is -2.24. The molecule has 0 spiro atoms. The first-order valence-electron chi connectivity index (χ1n) is 5.34. The van der Waals surface area contributed by atoms with Gasteiger partial charge in [-0.05, 0) is 55.6 Å². The van der Waals surface area contributed by atoms with Crippen molar-refractivity contribution in [1.29, 1.82) is 0 Å². The van der Waals surface area contributed by atoms with Crippen LogP contribution >= 0.6 is 0 Å². The first-order valence-corrected chi connectivity index (χ1v) is 6.49. The highest BCUT2D eigenvalue weighted by molar-refractivity contribution is 7.92. The Kier molecular flexibility index (Phi) is 3.85. The van der Waals surface area contributed by atoms with Crippen LogP contribution in [0.2, 0.25) is 0 Å². The molecular weight excluding hydrogens is 204 g/mol. The SMILES string of the molecule is CC(C)c1ccc([S+]([O-])C(C)(C)C)cc1. The Labute approximate surface area is 96.1 Å². The van der Waals surface area contributed by atoms with E-state index in [9.17, 15) is 4.55 Å². The van der Waals surface area contributed by atoms with Gasteiger partial charge in [0.2, 0.25) is 0 Å². The van der Waals surface area contributed by atoms with Crippen LogP contribution in [0.15, 0.2) is 29.2 Å². The molecule has 1 rings (SSSR count). The lowest BCUT2D eigenvalue weighted by molar-refractivity contribution is 0.559. The predicted octanol–water partition coefficient (Wildman–Crippen LogP) is 3.72. The lowest BCUT2D eigenvalue weighted by Crippen LogP contribution is -2.27. The normalized spacial score (nSPS) is 14.3. The zero-order valence-electron chi connectivity index (χ0n) is 10.2. The predicted molar refractivity (Wildman–Crippen MR) is 66.7 cm³/mol. The van der Waals surface area contributed by atoms with Gasteiger partial charge in [-0.3, -0.25) is 0 Å². The van der Waals surface area contributed by atoms with Crippen LogP contribution in [0.4, 0.5) is 0 Å². The molecule has 0 amide bonds. The summed E-state index contributed by atoms with van der Waals surface area (Å²) >= 11 is -0.922. The van der Waals surface area contributed by atoms with E-state index in [1.165, 1.54) is 5.56 Å². The Balaban J connectivity index is 2.89. The molecule has 0 aliphatic heterocycles. The Morgan fingerprint density at radius 2 is 1.53 bits per heavy atom. The van der Waals surface area contributed by atoms with E-state index in [1.54, 1.807) is 0 Å². The first kappa shape index (κ1) is 12.6. The third kappa shape index (κ3) is 3.25. The van der Waals surface area contributed by atoms with Crippen molar-refractivity contribution in [3.8, 4) is 0 Å². The van der Waals surface area contributed by atoms with Gasteiger partial charge < -0.3 is 4.55 Å². The van der Waals surface area contributed by atoms with E-state index in [0.29, 0.717) is 5.92 Å². The second-order valence-electron chi connectivity index (χ2n) is 5.10. The first-order chi connectivity index (χ1) is 6.82. The van der Waals surface area contributed by atoms with Crippen LogP contribution in [0.5, 0.6) is 0 Å². The summed E-state index contributed by atoms with van der Waals surface area (Å²) in [6.07, 6.45) is 0. The zero-order chi connectivity index (χ0) is 11.6. The molecule has 0 saturated carbocycles. The molecule has 0 radical (unpaired) electrons. The lowest BCUT2D eigenvalue weighted by atomic mass is 10.0. The molecule has 0 aromatic heterocycles. The highest BCUT2D eigenvalue weighted by Gasteiger charge is 2.27. The van der Waals surface area contributed by atoms with Gasteiger partial charge in [0.25, 0.3) is 0 Å². The summed E-state index contributed by atoms with van der Waals surface area (Å²) in [7, 11) is 0. The maximum atomic E-state index is 12.1. The van der Waals surface area contributed by atoms with Gasteiger partial charge in [-0.25, -0.2) is 0 Å². The van der Waals surface area contributed by atoms with Crippen molar-refractivity contribution in [3.05, 3.63) is 29.8 Å². The second-order valence-corrected chi connectivity index (χ2v) is 7.34. The fourth-order valence-corrected chi connectivity index (χ4v) is 2.42. The van der Waals surface area contributed by atoms with Gasteiger partial charge in [-0.2, -0.15) is 0 Å². The molecule has 0 aliphatic rings. The summed E-state index contributed by atoms with van der Waals surface area (Å²) in [6.45, 7) is 10.3. The Hall–Kier alpha value is -0.470. The van der Waals surface area contributed by atoms with E-state index >= 15 is 0 Å². The molecule has 84 valence electrons. The minimum Gasteiger partial charge on any atom is -0.611 e. The zero-order valence-corrected chi connectivity index (χ0v) is 11.0. The van der Waals surface area contributed by atoms with E-state index in [2.05, 4.69) is 26.0 Å². The molecule has 0 N–H and O–H groups in total. The average molecular weight is 224 g/mol. The average Bonchev–Trinajstić information content (AvgIpc) is 2.15. The topological polar surface area (TPSA) is 23.1 Å². The monoisotopic (exact) mass is 224 g/mol. The number of hydrogen-bond acceptors (Lipinski definition) is 1. The van der Waals surface area contributed by atoms with Gasteiger partial charge in [-0.15, -0.1) is 0 Å². The van der Waals surface area contributed by atoms with Crippen LogP contribution in [0.25, 0.3) is 0 Å². The van der Waals surface area contributed by atoms with Gasteiger partial charge in [0.1, 0.15) is 4.75 Å². The third-order valence-electron chi connectivity index (χ3n) is 2.32. The van der Waals surface area contributed by atoms with Crippen molar-refractivity contribution in [1.82, 2.24) is 0 Å². The standard InChI is InChI=1S/C13H20OS/c1-10(2)11-6-8-12(9-7-11)15(14)13(3,4)5/h6-10H,1-5H3. The molecule has 1 aromatic carbocycles. The van der Waals surface area contributed by atoms with Gasteiger partial charge in [0, 0.05) is 0 Å². The second kappa shape index (κ2) is 4.58. The van der Waals surface area contributed by atoms with Gasteiger partial charge in [-0.1, -0.05) is 26.0 Å². The van der Waals surface area contributed by atoms with Crippen LogP contribution in [-0.2, 0) is 11.2 Å². The van der Waals surface area contributed by atoms with E-state index in [4.69, 9.17) is 0 Å². The summed E-state index contributed by atoms with van der Waals surface area (Å²) in [4.78, 5) is 0.923. The molecule has 0 bridgehead atoms. The van der Waals surface area contributed by atoms with Crippen LogP contribution in [-0.4, -0.2) is 9.30 Å². The van der Waals surface area contributed by atoms with Gasteiger partial charge in [0.15, 0.2) is 4.90 Å². The molecule has 1 nitrogen and oxygen atoms in total. The minimum absolute atomic E-state index is 0.181. The Bertz CT molecular complexity index is 308. The van der Waals surface area contributed by atoms with Crippen molar-refractivity contribution in [2.75, 3.05) is 0 Å². The molecule has 15 heavy (non-hydrogen) atoms. The molecule has 0 saturated heterocycles. The highest BCUT2D eigenvalue weighted by Crippen LogP contribution is 2.26. The molecule has 2 heteroatoms. The van der Waals surface area contributed by atoms with Crippen LogP contribution in [0.3, 0.4) is 0 Å². The van der Waals surface area contributed by atoms with Crippen molar-refractivity contribution < 1.29 is 4.55 Å². The molecule has 0 heterocycles. The summed E-state index contributed by atoms with van der Waals surface area (Å²) in [6, 6.07) is 8.11. The van der Waals surface area contributed by atoms with Crippen LogP contribution in [0, 0.1) is 0 Å². The van der Waals surface area contributed by atoms with Crippen LogP contribution < -0.4 is 0 Å². The molecule has 0 fully saturated rings. The van der Waals surface area contributed by atoms with E-state index < -0.39 is 11.2 Å². The molecule has 1 aromatic rings. The maximum Gasteiger partial charge on any atom is 0.153 e. The fraction of sp³-hybridized carbons (Fsp3) is 0.538. The highest BCUT2D eigenvalue weighted by atomic mass is 32.2. The summed E-state index contributed by atoms with van der Waals surface area (Å²) in [5.74, 6) is 0.530. The number of benzene rings is 1. The van der Waals surface area contributed by atoms with Crippen LogP contribution in [0.1, 0.15) is 46.1 Å². The quantitative estimate of drug-likeness (QED) is 0.702.